The molecule has 316 valence electrons. The molecular weight excluding hydrogens is 706 g/mol. The first-order valence-corrected chi connectivity index (χ1v) is 19.6. The van der Waals surface area contributed by atoms with Gasteiger partial charge in [0.05, 0.1) is 41.5 Å². The Bertz CT molecular complexity index is 1220. The fourth-order valence-electron chi connectivity index (χ4n) is 8.95. The lowest BCUT2D eigenvalue weighted by molar-refractivity contribution is -0.774. The molecule has 3 rings (SSSR count). The highest BCUT2D eigenvalue weighted by Gasteiger charge is 2.52. The summed E-state index contributed by atoms with van der Waals surface area (Å²) in [6.07, 6.45) is -6.10. The number of likely N-dealkylation sites (N-methyl/N-ethyl adjacent to an activating group) is 1. The summed E-state index contributed by atoms with van der Waals surface area (Å²) in [5, 5.41) is 46.3. The average Bonchev–Trinajstić information content (AvgIpc) is 3.07. The molecule has 3 heterocycles. The summed E-state index contributed by atoms with van der Waals surface area (Å²) in [7, 11) is 7.29. The minimum atomic E-state index is -2.00. The molecule has 1 unspecified atom stereocenters. The first kappa shape index (κ1) is 46.7. The molecule has 0 aromatic rings. The van der Waals surface area contributed by atoms with Crippen LogP contribution in [0.1, 0.15) is 101 Å². The van der Waals surface area contributed by atoms with Crippen LogP contribution in [-0.4, -0.2) is 155 Å². The molecule has 54 heavy (non-hydrogen) atoms. The maximum Gasteiger partial charge on any atom is 0.311 e. The third-order valence-corrected chi connectivity index (χ3v) is 12.3. The number of aliphatic hydroxyl groups excluding tert-OH is 1. The number of ether oxygens (including phenoxy) is 6. The molecule has 0 aromatic carbocycles. The van der Waals surface area contributed by atoms with E-state index in [1.807, 2.05) is 39.8 Å². The summed E-state index contributed by atoms with van der Waals surface area (Å²) in [6, 6.07) is -0.550. The van der Waals surface area contributed by atoms with Crippen LogP contribution in [0.2, 0.25) is 0 Å². The zero-order valence-electron chi connectivity index (χ0n) is 35.1. The van der Waals surface area contributed by atoms with Crippen LogP contribution in [0, 0.1) is 27.9 Å². The Hall–Kier alpha value is -1.73. The van der Waals surface area contributed by atoms with Crippen LogP contribution in [0.5, 0.6) is 0 Å². The molecular formula is C38H71N3O13. The Kier molecular flexibility index (Phi) is 16.1. The molecule has 0 bridgehead atoms. The molecule has 0 radical (unpaired) electrons. The number of cyclic esters (lactones) is 1. The number of hydrogen-bond donors (Lipinski definition) is 3. The van der Waals surface area contributed by atoms with E-state index in [0.29, 0.717) is 13.0 Å². The first-order valence-electron chi connectivity index (χ1n) is 19.6. The molecule has 16 nitrogen and oxygen atoms in total. The number of carbonyl (C=O) groups excluding carboxylic acids is 1. The van der Waals surface area contributed by atoms with Crippen molar-refractivity contribution < 1.29 is 58.5 Å². The Labute approximate surface area is 322 Å². The second kappa shape index (κ2) is 18.7. The molecule has 0 spiro atoms. The molecule has 16 heteroatoms. The standard InChI is InChI=1S/C38H71N3O13/c1-15-28-38(10,45)34(54-41(46)47)25(6)40(13)20-21(2)18-36(8,44)33(53-29-17-27(39(11)12)16-22(3)49-29)23(4)31(24(5)35(43)51-28)52-30-19-37(9,48-14)32(42)26(7)50-30/h21-34,42,44-45H,15-20H2,1-14H3/t21-,22-,23+,24-,25-,26+,27?,28-,29+,30+,31+,32+,33-,34-,36-,37-,38-/m1/s1. The number of rotatable bonds is 9. The Balaban J connectivity index is 2.18. The largest absolute Gasteiger partial charge is 0.459 e. The summed E-state index contributed by atoms with van der Waals surface area (Å²) in [5.74, 6) is -2.67. The van der Waals surface area contributed by atoms with Crippen LogP contribution >= 0.6 is 0 Å². The Morgan fingerprint density at radius 1 is 0.981 bits per heavy atom. The van der Waals surface area contributed by atoms with Crippen molar-refractivity contribution in [1.82, 2.24) is 9.80 Å². The topological polar surface area (TPSA) is 192 Å². The minimum Gasteiger partial charge on any atom is -0.459 e. The van der Waals surface area contributed by atoms with Gasteiger partial charge >= 0.3 is 5.97 Å². The zero-order chi connectivity index (χ0) is 41.1. The van der Waals surface area contributed by atoms with E-state index >= 15 is 0 Å². The molecule has 17 atom stereocenters. The predicted molar refractivity (Wildman–Crippen MR) is 199 cm³/mol. The number of nitrogens with zero attached hydrogens (tertiary/aromatic N) is 3. The lowest BCUT2D eigenvalue weighted by Crippen LogP contribution is -2.60. The molecule has 0 amide bonds. The molecule has 0 aliphatic carbocycles. The van der Waals surface area contributed by atoms with Gasteiger partial charge < -0.3 is 58.4 Å². The molecule has 3 aliphatic rings. The highest BCUT2D eigenvalue weighted by Crippen LogP contribution is 2.40. The van der Waals surface area contributed by atoms with Crippen LogP contribution in [0.15, 0.2) is 0 Å². The van der Waals surface area contributed by atoms with Crippen LogP contribution in [0.4, 0.5) is 0 Å². The van der Waals surface area contributed by atoms with Gasteiger partial charge in [0.25, 0.3) is 5.09 Å². The van der Waals surface area contributed by atoms with Gasteiger partial charge in [-0.25, -0.2) is 0 Å². The Morgan fingerprint density at radius 3 is 2.17 bits per heavy atom. The van der Waals surface area contributed by atoms with E-state index in [1.165, 1.54) is 14.0 Å². The fourth-order valence-corrected chi connectivity index (χ4v) is 8.95. The van der Waals surface area contributed by atoms with Crippen molar-refractivity contribution in [3.05, 3.63) is 10.1 Å². The quantitative estimate of drug-likeness (QED) is 0.176. The second-order valence-corrected chi connectivity index (χ2v) is 17.4. The van der Waals surface area contributed by atoms with Gasteiger partial charge in [-0.3, -0.25) is 4.79 Å². The number of aliphatic hydroxyl groups is 3. The molecule has 3 N–H and O–H groups in total. The van der Waals surface area contributed by atoms with E-state index in [1.54, 1.807) is 48.6 Å². The van der Waals surface area contributed by atoms with Crippen molar-refractivity contribution in [1.29, 1.82) is 0 Å². The van der Waals surface area contributed by atoms with Crippen LogP contribution in [0.3, 0.4) is 0 Å². The fraction of sp³-hybridized carbons (Fsp3) is 0.974. The zero-order valence-corrected chi connectivity index (χ0v) is 35.1. The summed E-state index contributed by atoms with van der Waals surface area (Å²) in [6.45, 7) is 17.8. The van der Waals surface area contributed by atoms with Crippen molar-refractivity contribution in [2.24, 2.45) is 17.8 Å². The van der Waals surface area contributed by atoms with E-state index in [-0.39, 0.29) is 37.3 Å². The van der Waals surface area contributed by atoms with Crippen molar-refractivity contribution in [3.63, 3.8) is 0 Å². The van der Waals surface area contributed by atoms with E-state index in [4.69, 9.17) is 33.3 Å². The van der Waals surface area contributed by atoms with Crippen molar-refractivity contribution in [2.75, 3.05) is 34.8 Å². The lowest BCUT2D eigenvalue weighted by Gasteiger charge is -2.48. The third-order valence-electron chi connectivity index (χ3n) is 12.3. The van der Waals surface area contributed by atoms with Crippen molar-refractivity contribution in [2.45, 2.75) is 186 Å². The Morgan fingerprint density at radius 2 is 1.61 bits per heavy atom. The third kappa shape index (κ3) is 11.0. The highest BCUT2D eigenvalue weighted by atomic mass is 17.0. The van der Waals surface area contributed by atoms with Crippen LogP contribution in [-0.2, 0) is 38.1 Å². The summed E-state index contributed by atoms with van der Waals surface area (Å²) in [5.41, 5.74) is -4.54. The molecule has 0 saturated carbocycles. The maximum absolute atomic E-state index is 14.3. The first-order chi connectivity index (χ1) is 24.9. The molecule has 0 aromatic heterocycles. The number of carbonyl (C=O) groups is 1. The summed E-state index contributed by atoms with van der Waals surface area (Å²) in [4.78, 5) is 35.2. The molecule has 3 fully saturated rings. The summed E-state index contributed by atoms with van der Waals surface area (Å²) >= 11 is 0. The van der Waals surface area contributed by atoms with E-state index in [2.05, 4.69) is 4.90 Å². The van der Waals surface area contributed by atoms with Crippen LogP contribution < -0.4 is 0 Å². The minimum absolute atomic E-state index is 0.114. The predicted octanol–water partition coefficient (Wildman–Crippen LogP) is 3.15. The monoisotopic (exact) mass is 777 g/mol. The number of esters is 1. The number of hydrogen-bond acceptors (Lipinski definition) is 15. The number of methoxy groups -OCH3 is 1. The average molecular weight is 778 g/mol. The van der Waals surface area contributed by atoms with Gasteiger partial charge in [0, 0.05) is 44.5 Å². The van der Waals surface area contributed by atoms with Crippen molar-refractivity contribution >= 4 is 5.97 Å². The van der Waals surface area contributed by atoms with Gasteiger partial charge in [0.1, 0.15) is 17.8 Å². The SMILES string of the molecule is CC[C@H]1OC(=O)[C@H](C)[C@@H](O[C@H]2C[C@@](C)(OC)[C@@H](O)[C@H](C)O2)[C@H](C)[C@@H](O[C@H]2CC(N(C)C)C[C@@H](C)O2)[C@](C)(O)C[C@@H](C)CN(C)[C@H](C)[C@@H](O[N+](=O)[O-])[C@]1(C)O. The smallest absolute Gasteiger partial charge is 0.311 e. The lowest BCUT2D eigenvalue weighted by atomic mass is 9.77. The summed E-state index contributed by atoms with van der Waals surface area (Å²) < 4.78 is 37.8. The van der Waals surface area contributed by atoms with Gasteiger partial charge in [0.15, 0.2) is 18.7 Å². The van der Waals surface area contributed by atoms with Crippen molar-refractivity contribution in [3.8, 4) is 0 Å². The van der Waals surface area contributed by atoms with E-state index in [0.717, 1.165) is 6.42 Å². The van der Waals surface area contributed by atoms with E-state index in [9.17, 15) is 30.2 Å². The van der Waals surface area contributed by atoms with E-state index < -0.39 is 94.9 Å². The van der Waals surface area contributed by atoms with Gasteiger partial charge in [-0.15, -0.1) is 10.1 Å². The second-order valence-electron chi connectivity index (χ2n) is 17.4. The molecule has 3 saturated heterocycles. The van der Waals surface area contributed by atoms with Gasteiger partial charge in [0.2, 0.25) is 0 Å². The molecule has 3 aliphatic heterocycles. The van der Waals surface area contributed by atoms with Gasteiger partial charge in [-0.05, 0) is 94.8 Å². The normalized spacial score (nSPS) is 46.7. The highest BCUT2D eigenvalue weighted by molar-refractivity contribution is 5.73. The van der Waals surface area contributed by atoms with Gasteiger partial charge in [-0.1, -0.05) is 20.8 Å². The van der Waals surface area contributed by atoms with Crippen LogP contribution in [0.25, 0.3) is 0 Å². The maximum atomic E-state index is 14.3. The van der Waals surface area contributed by atoms with Gasteiger partial charge in [-0.2, -0.15) is 0 Å².